The second-order valence-electron chi connectivity index (χ2n) is 11.2. The van der Waals surface area contributed by atoms with E-state index >= 15 is 0 Å². The summed E-state index contributed by atoms with van der Waals surface area (Å²) in [5.41, 5.74) is 2.18. The van der Waals surface area contributed by atoms with Crippen molar-refractivity contribution in [1.29, 1.82) is 0 Å². The van der Waals surface area contributed by atoms with Crippen LogP contribution < -0.4 is 14.4 Å². The molecule has 1 N–H and O–H groups in total. The first-order valence-electron chi connectivity index (χ1n) is 15.3. The zero-order valence-corrected chi connectivity index (χ0v) is 27.2. The summed E-state index contributed by atoms with van der Waals surface area (Å²) in [4.78, 5) is 29.5. The average Bonchev–Trinajstić information content (AvgIpc) is 3.01. The number of rotatable bonds is 13. The molecule has 3 aromatic carbocycles. The summed E-state index contributed by atoms with van der Waals surface area (Å²) in [5.74, 6) is -0.116. The Morgan fingerprint density at radius 2 is 1.66 bits per heavy atom. The zero-order chi connectivity index (χ0) is 31.7. The number of aryl methyl sites for hydroxylation is 1. The highest BCUT2D eigenvalue weighted by Gasteiger charge is 2.34. The van der Waals surface area contributed by atoms with Crippen molar-refractivity contribution in [2.45, 2.75) is 82.8 Å². The molecule has 44 heavy (non-hydrogen) atoms. The average molecular weight is 640 g/mol. The normalized spacial score (nSPS) is 14.5. The van der Waals surface area contributed by atoms with E-state index < -0.39 is 28.5 Å². The topological polar surface area (TPSA) is 96.0 Å². The van der Waals surface area contributed by atoms with Gasteiger partial charge in [-0.05, 0) is 87.2 Å². The van der Waals surface area contributed by atoms with Crippen LogP contribution in [0.2, 0.25) is 5.02 Å². The van der Waals surface area contributed by atoms with E-state index in [4.69, 9.17) is 16.3 Å². The predicted octanol–water partition coefficient (Wildman–Crippen LogP) is 6.50. The van der Waals surface area contributed by atoms with Crippen LogP contribution in [0.1, 0.15) is 63.5 Å². The number of hydrogen-bond acceptors (Lipinski definition) is 5. The molecule has 0 unspecified atom stereocenters. The summed E-state index contributed by atoms with van der Waals surface area (Å²) in [5, 5.41) is 3.57. The molecule has 1 fully saturated rings. The van der Waals surface area contributed by atoms with E-state index in [0.29, 0.717) is 29.5 Å². The minimum atomic E-state index is -4.19. The molecule has 1 aliphatic carbocycles. The second-order valence-corrected chi connectivity index (χ2v) is 13.5. The third-order valence-electron chi connectivity index (χ3n) is 7.89. The van der Waals surface area contributed by atoms with Gasteiger partial charge in [0.1, 0.15) is 18.3 Å². The molecular formula is C34H42ClN3O5S. The summed E-state index contributed by atoms with van der Waals surface area (Å²) in [6.07, 6.45) is 5.49. The lowest BCUT2D eigenvalue weighted by Crippen LogP contribution is -2.54. The van der Waals surface area contributed by atoms with Crippen LogP contribution >= 0.6 is 11.6 Å². The highest BCUT2D eigenvalue weighted by atomic mass is 35.5. The van der Waals surface area contributed by atoms with Gasteiger partial charge in [-0.3, -0.25) is 13.9 Å². The quantitative estimate of drug-likeness (QED) is 0.230. The summed E-state index contributed by atoms with van der Waals surface area (Å²) in [6, 6.07) is 19.5. The van der Waals surface area contributed by atoms with E-state index in [9.17, 15) is 18.0 Å². The van der Waals surface area contributed by atoms with E-state index in [1.165, 1.54) is 29.2 Å². The standard InChI is InChI=1S/C34H42ClN3O5S/c1-4-32(34(40)36-28-12-7-6-8-13-28)37(23-26-11-9-10-25(3)22-26)33(39)24-38(29-16-18-30(19-17-29)43-5-2)44(41,42)31-20-14-27(35)15-21-31/h9-11,14-22,28,32H,4-8,12-13,23-24H2,1-3H3,(H,36,40)/t32-/m1/s1. The van der Waals surface area contributed by atoms with Crippen LogP contribution in [0.15, 0.2) is 77.7 Å². The number of amides is 2. The molecular weight excluding hydrogens is 598 g/mol. The molecule has 0 saturated heterocycles. The maximum absolute atomic E-state index is 14.3. The van der Waals surface area contributed by atoms with Crippen LogP contribution in [0.3, 0.4) is 0 Å². The molecule has 236 valence electrons. The van der Waals surface area contributed by atoms with E-state index in [2.05, 4.69) is 5.32 Å². The van der Waals surface area contributed by atoms with Crippen molar-refractivity contribution in [1.82, 2.24) is 10.2 Å². The molecule has 0 spiro atoms. The Bertz CT molecular complexity index is 1510. The Labute approximate surface area is 266 Å². The molecule has 0 heterocycles. The Balaban J connectivity index is 1.71. The van der Waals surface area contributed by atoms with Gasteiger partial charge in [0.05, 0.1) is 17.2 Å². The van der Waals surface area contributed by atoms with Crippen molar-refractivity contribution in [3.05, 3.63) is 88.9 Å². The molecule has 0 aromatic heterocycles. The summed E-state index contributed by atoms with van der Waals surface area (Å²) < 4.78 is 34.7. The number of hydrogen-bond donors (Lipinski definition) is 1. The first kappa shape index (κ1) is 33.3. The molecule has 4 rings (SSSR count). The molecule has 10 heteroatoms. The van der Waals surface area contributed by atoms with Crippen LogP contribution in [0.5, 0.6) is 5.75 Å². The lowest BCUT2D eigenvalue weighted by atomic mass is 9.95. The first-order chi connectivity index (χ1) is 21.1. The maximum Gasteiger partial charge on any atom is 0.264 e. The van der Waals surface area contributed by atoms with Gasteiger partial charge in [-0.1, -0.05) is 67.6 Å². The van der Waals surface area contributed by atoms with Gasteiger partial charge < -0.3 is 15.0 Å². The molecule has 0 bridgehead atoms. The summed E-state index contributed by atoms with van der Waals surface area (Å²) >= 11 is 6.05. The molecule has 1 aliphatic rings. The number of benzene rings is 3. The molecule has 2 amide bonds. The van der Waals surface area contributed by atoms with Crippen molar-refractivity contribution in [3.8, 4) is 5.75 Å². The number of nitrogens with one attached hydrogen (secondary N) is 1. The van der Waals surface area contributed by atoms with E-state index in [1.54, 1.807) is 24.3 Å². The monoisotopic (exact) mass is 639 g/mol. The van der Waals surface area contributed by atoms with Crippen molar-refractivity contribution < 1.29 is 22.7 Å². The summed E-state index contributed by atoms with van der Waals surface area (Å²) in [7, 11) is -4.19. The molecule has 0 radical (unpaired) electrons. The van der Waals surface area contributed by atoms with Gasteiger partial charge in [0.15, 0.2) is 0 Å². The number of nitrogens with zero attached hydrogens (tertiary/aromatic N) is 2. The van der Waals surface area contributed by atoms with E-state index in [0.717, 1.165) is 47.5 Å². The van der Waals surface area contributed by atoms with Gasteiger partial charge in [-0.2, -0.15) is 0 Å². The highest BCUT2D eigenvalue weighted by Crippen LogP contribution is 2.28. The van der Waals surface area contributed by atoms with Gasteiger partial charge in [-0.15, -0.1) is 0 Å². The fraction of sp³-hybridized carbons (Fsp3) is 0.412. The largest absolute Gasteiger partial charge is 0.494 e. The maximum atomic E-state index is 14.3. The van der Waals surface area contributed by atoms with Crippen LogP contribution in [0, 0.1) is 6.92 Å². The van der Waals surface area contributed by atoms with Crippen LogP contribution in [0.25, 0.3) is 0 Å². The molecule has 3 aromatic rings. The SMILES string of the molecule is CCOc1ccc(N(CC(=O)N(Cc2cccc(C)c2)[C@H](CC)C(=O)NC2CCCCC2)S(=O)(=O)c2ccc(Cl)cc2)cc1. The van der Waals surface area contributed by atoms with Gasteiger partial charge in [0.25, 0.3) is 10.0 Å². The van der Waals surface area contributed by atoms with Crippen LogP contribution in [-0.4, -0.2) is 50.4 Å². The van der Waals surface area contributed by atoms with Gasteiger partial charge in [-0.25, -0.2) is 8.42 Å². The molecule has 8 nitrogen and oxygen atoms in total. The zero-order valence-electron chi connectivity index (χ0n) is 25.7. The number of sulfonamides is 1. The smallest absolute Gasteiger partial charge is 0.264 e. The van der Waals surface area contributed by atoms with Crippen molar-refractivity contribution in [2.24, 2.45) is 0 Å². The minimum Gasteiger partial charge on any atom is -0.494 e. The molecule has 1 saturated carbocycles. The lowest BCUT2D eigenvalue weighted by molar-refractivity contribution is -0.140. The Morgan fingerprint density at radius 3 is 2.27 bits per heavy atom. The number of halogens is 1. The van der Waals surface area contributed by atoms with E-state index in [1.807, 2.05) is 45.0 Å². The van der Waals surface area contributed by atoms with Crippen molar-refractivity contribution in [2.75, 3.05) is 17.5 Å². The predicted molar refractivity (Wildman–Crippen MR) is 174 cm³/mol. The molecule has 1 atom stereocenters. The highest BCUT2D eigenvalue weighted by molar-refractivity contribution is 7.92. The Hall–Kier alpha value is -3.56. The van der Waals surface area contributed by atoms with E-state index in [-0.39, 0.29) is 23.4 Å². The third-order valence-corrected chi connectivity index (χ3v) is 9.93. The Morgan fingerprint density at radius 1 is 0.977 bits per heavy atom. The van der Waals surface area contributed by atoms with Crippen LogP contribution in [-0.2, 0) is 26.2 Å². The number of anilines is 1. The van der Waals surface area contributed by atoms with Gasteiger partial charge in [0, 0.05) is 17.6 Å². The summed E-state index contributed by atoms with van der Waals surface area (Å²) in [6.45, 7) is 5.82. The Kier molecular flexibility index (Phi) is 11.7. The lowest BCUT2D eigenvalue weighted by Gasteiger charge is -2.34. The minimum absolute atomic E-state index is 0.00379. The van der Waals surface area contributed by atoms with Crippen LogP contribution in [0.4, 0.5) is 5.69 Å². The number of carbonyl (C=O) groups is 2. The number of carbonyl (C=O) groups excluding carboxylic acids is 2. The number of ether oxygens (including phenoxy) is 1. The second kappa shape index (κ2) is 15.4. The van der Waals surface area contributed by atoms with Gasteiger partial charge in [0.2, 0.25) is 11.8 Å². The molecule has 0 aliphatic heterocycles. The first-order valence-corrected chi connectivity index (χ1v) is 17.1. The fourth-order valence-electron chi connectivity index (χ4n) is 5.61. The van der Waals surface area contributed by atoms with Crippen molar-refractivity contribution >= 4 is 39.1 Å². The fourth-order valence-corrected chi connectivity index (χ4v) is 7.15. The third kappa shape index (κ3) is 8.54. The van der Waals surface area contributed by atoms with Crippen molar-refractivity contribution in [3.63, 3.8) is 0 Å². The van der Waals surface area contributed by atoms with Gasteiger partial charge >= 0.3 is 0 Å².